The van der Waals surface area contributed by atoms with Crippen LogP contribution in [0.25, 0.3) is 0 Å². The molecule has 2 rings (SSSR count). The zero-order chi connectivity index (χ0) is 11.4. The van der Waals surface area contributed by atoms with Gasteiger partial charge in [0.2, 0.25) is 5.88 Å². The van der Waals surface area contributed by atoms with Gasteiger partial charge in [0.05, 0.1) is 18.8 Å². The van der Waals surface area contributed by atoms with E-state index in [9.17, 15) is 0 Å². The van der Waals surface area contributed by atoms with Crippen molar-refractivity contribution in [2.75, 3.05) is 18.9 Å². The van der Waals surface area contributed by atoms with Gasteiger partial charge in [-0.1, -0.05) is 13.3 Å². The summed E-state index contributed by atoms with van der Waals surface area (Å²) in [4.78, 5) is 8.14. The summed E-state index contributed by atoms with van der Waals surface area (Å²) < 4.78 is 11.0. The maximum absolute atomic E-state index is 5.82. The number of anilines is 1. The van der Waals surface area contributed by atoms with Crippen LogP contribution < -0.4 is 10.5 Å². The van der Waals surface area contributed by atoms with Gasteiger partial charge in [0.15, 0.2) is 0 Å². The Kier molecular flexibility index (Phi) is 3.56. The summed E-state index contributed by atoms with van der Waals surface area (Å²) >= 11 is 0. The van der Waals surface area contributed by atoms with E-state index < -0.39 is 0 Å². The maximum atomic E-state index is 5.82. The van der Waals surface area contributed by atoms with E-state index in [2.05, 4.69) is 16.9 Å². The van der Waals surface area contributed by atoms with Crippen LogP contribution in [0, 0.1) is 0 Å². The molecule has 0 aliphatic carbocycles. The quantitative estimate of drug-likeness (QED) is 0.830. The Bertz CT molecular complexity index is 351. The fourth-order valence-electron chi connectivity index (χ4n) is 1.76. The lowest BCUT2D eigenvalue weighted by atomic mass is 10.2. The second kappa shape index (κ2) is 5.12. The maximum Gasteiger partial charge on any atom is 0.222 e. The molecule has 1 saturated heterocycles. The lowest BCUT2D eigenvalue weighted by Gasteiger charge is -2.14. The molecule has 0 spiro atoms. The average molecular weight is 223 g/mol. The van der Waals surface area contributed by atoms with Crippen LogP contribution in [0.2, 0.25) is 0 Å². The summed E-state index contributed by atoms with van der Waals surface area (Å²) in [6, 6.07) is 0. The lowest BCUT2D eigenvalue weighted by Crippen LogP contribution is -2.18. The minimum atomic E-state index is 0.102. The zero-order valence-corrected chi connectivity index (χ0v) is 9.48. The molecule has 1 unspecified atom stereocenters. The molecule has 2 heterocycles. The van der Waals surface area contributed by atoms with Gasteiger partial charge in [0.25, 0.3) is 0 Å². The molecule has 1 aromatic rings. The smallest absolute Gasteiger partial charge is 0.222 e. The highest BCUT2D eigenvalue weighted by molar-refractivity contribution is 5.44. The number of hydrogen-bond donors (Lipinski definition) is 1. The molecule has 88 valence electrons. The van der Waals surface area contributed by atoms with Crippen LogP contribution in [0.4, 0.5) is 5.82 Å². The monoisotopic (exact) mass is 223 g/mol. The van der Waals surface area contributed by atoms with Crippen molar-refractivity contribution in [2.45, 2.75) is 32.3 Å². The largest absolute Gasteiger partial charge is 0.471 e. The molecule has 16 heavy (non-hydrogen) atoms. The van der Waals surface area contributed by atoms with E-state index in [0.29, 0.717) is 18.3 Å². The van der Waals surface area contributed by atoms with Crippen molar-refractivity contribution < 1.29 is 9.47 Å². The first-order chi connectivity index (χ1) is 7.81. The highest BCUT2D eigenvalue weighted by Gasteiger charge is 2.20. The Labute approximate surface area is 95.0 Å². The van der Waals surface area contributed by atoms with Crippen LogP contribution in [0.5, 0.6) is 5.88 Å². The van der Waals surface area contributed by atoms with Crippen molar-refractivity contribution in [2.24, 2.45) is 0 Å². The standard InChI is InChI=1S/C11H17N3O2/c1-2-3-9-10(12)13-7-14-11(9)16-8-4-5-15-6-8/h7-8H,2-6H2,1H3,(H2,12,13,14). The Balaban J connectivity index is 2.14. The lowest BCUT2D eigenvalue weighted by molar-refractivity contribution is 0.137. The normalized spacial score (nSPS) is 19.9. The third-order valence-corrected chi connectivity index (χ3v) is 2.61. The number of ether oxygens (including phenoxy) is 2. The summed E-state index contributed by atoms with van der Waals surface area (Å²) in [6.45, 7) is 3.48. The van der Waals surface area contributed by atoms with E-state index in [1.807, 2.05) is 0 Å². The van der Waals surface area contributed by atoms with Gasteiger partial charge in [-0.05, 0) is 6.42 Å². The van der Waals surface area contributed by atoms with Gasteiger partial charge in [0, 0.05) is 6.42 Å². The van der Waals surface area contributed by atoms with Crippen LogP contribution in [-0.4, -0.2) is 29.3 Å². The van der Waals surface area contributed by atoms with Gasteiger partial charge < -0.3 is 15.2 Å². The van der Waals surface area contributed by atoms with Crippen molar-refractivity contribution in [3.8, 4) is 5.88 Å². The molecule has 0 saturated carbocycles. The van der Waals surface area contributed by atoms with E-state index in [1.165, 1.54) is 6.33 Å². The highest BCUT2D eigenvalue weighted by Crippen LogP contribution is 2.23. The molecule has 5 nitrogen and oxygen atoms in total. The SMILES string of the molecule is CCCc1c(N)ncnc1OC1CCOC1. The van der Waals surface area contributed by atoms with Gasteiger partial charge in [0.1, 0.15) is 18.2 Å². The molecule has 0 radical (unpaired) electrons. The number of rotatable bonds is 4. The predicted octanol–water partition coefficient (Wildman–Crippen LogP) is 1.18. The molecule has 5 heteroatoms. The first-order valence-electron chi connectivity index (χ1n) is 5.65. The summed E-state index contributed by atoms with van der Waals surface area (Å²) in [5, 5.41) is 0. The molecule has 0 bridgehead atoms. The molecule has 0 aromatic carbocycles. The molecule has 1 atom stereocenters. The minimum Gasteiger partial charge on any atom is -0.471 e. The summed E-state index contributed by atoms with van der Waals surface area (Å²) in [6.07, 6.45) is 4.30. The van der Waals surface area contributed by atoms with E-state index in [4.69, 9.17) is 15.2 Å². The number of hydrogen-bond acceptors (Lipinski definition) is 5. The molecule has 1 aliphatic heterocycles. The van der Waals surface area contributed by atoms with E-state index >= 15 is 0 Å². The van der Waals surface area contributed by atoms with Crippen LogP contribution in [0.1, 0.15) is 25.3 Å². The fourth-order valence-corrected chi connectivity index (χ4v) is 1.76. The second-order valence-corrected chi connectivity index (χ2v) is 3.90. The molecule has 0 amide bonds. The number of nitrogens with zero attached hydrogens (tertiary/aromatic N) is 2. The molecule has 1 aliphatic rings. The van der Waals surface area contributed by atoms with E-state index in [-0.39, 0.29) is 6.10 Å². The zero-order valence-electron chi connectivity index (χ0n) is 9.48. The van der Waals surface area contributed by atoms with Crippen LogP contribution in [0.3, 0.4) is 0 Å². The van der Waals surface area contributed by atoms with Gasteiger partial charge in [-0.3, -0.25) is 0 Å². The van der Waals surface area contributed by atoms with Crippen LogP contribution in [0.15, 0.2) is 6.33 Å². The summed E-state index contributed by atoms with van der Waals surface area (Å²) in [5.74, 6) is 1.13. The first-order valence-corrected chi connectivity index (χ1v) is 5.65. The molecular formula is C11H17N3O2. The predicted molar refractivity (Wildman–Crippen MR) is 60.3 cm³/mol. The second-order valence-electron chi connectivity index (χ2n) is 3.90. The van der Waals surface area contributed by atoms with Gasteiger partial charge in [-0.25, -0.2) is 9.97 Å². The van der Waals surface area contributed by atoms with Gasteiger partial charge in [-0.15, -0.1) is 0 Å². The topological polar surface area (TPSA) is 70.3 Å². The van der Waals surface area contributed by atoms with Gasteiger partial charge >= 0.3 is 0 Å². The Hall–Kier alpha value is -1.36. The minimum absolute atomic E-state index is 0.102. The van der Waals surface area contributed by atoms with Crippen LogP contribution in [-0.2, 0) is 11.2 Å². The van der Waals surface area contributed by atoms with Crippen molar-refractivity contribution in [1.82, 2.24) is 9.97 Å². The van der Waals surface area contributed by atoms with Gasteiger partial charge in [-0.2, -0.15) is 0 Å². The molecule has 1 fully saturated rings. The number of nitrogens with two attached hydrogens (primary N) is 1. The third kappa shape index (κ3) is 2.41. The van der Waals surface area contributed by atoms with Crippen molar-refractivity contribution in [3.05, 3.63) is 11.9 Å². The van der Waals surface area contributed by atoms with Crippen molar-refractivity contribution in [3.63, 3.8) is 0 Å². The van der Waals surface area contributed by atoms with Crippen molar-refractivity contribution in [1.29, 1.82) is 0 Å². The summed E-state index contributed by atoms with van der Waals surface area (Å²) in [5.41, 5.74) is 6.73. The fraction of sp³-hybridized carbons (Fsp3) is 0.636. The van der Waals surface area contributed by atoms with Crippen molar-refractivity contribution >= 4 is 5.82 Å². The molecular weight excluding hydrogens is 206 g/mol. The molecule has 1 aromatic heterocycles. The molecule has 2 N–H and O–H groups in total. The van der Waals surface area contributed by atoms with E-state index in [0.717, 1.165) is 31.4 Å². The van der Waals surface area contributed by atoms with E-state index in [1.54, 1.807) is 0 Å². The first kappa shape index (κ1) is 11.1. The average Bonchev–Trinajstić information content (AvgIpc) is 2.76. The Morgan fingerprint density at radius 2 is 2.44 bits per heavy atom. The Morgan fingerprint density at radius 3 is 3.12 bits per heavy atom. The number of aromatic nitrogens is 2. The van der Waals surface area contributed by atoms with Crippen LogP contribution >= 0.6 is 0 Å². The summed E-state index contributed by atoms with van der Waals surface area (Å²) in [7, 11) is 0. The highest BCUT2D eigenvalue weighted by atomic mass is 16.5. The number of nitrogen functional groups attached to an aromatic ring is 1. The third-order valence-electron chi connectivity index (χ3n) is 2.61. The Morgan fingerprint density at radius 1 is 1.56 bits per heavy atom.